The van der Waals surface area contributed by atoms with Crippen molar-refractivity contribution in [2.24, 2.45) is 0 Å². The van der Waals surface area contributed by atoms with E-state index in [0.29, 0.717) is 13.2 Å². The molecule has 2 aromatic carbocycles. The van der Waals surface area contributed by atoms with Crippen LogP contribution in [0.15, 0.2) is 54.6 Å². The molecule has 1 aliphatic carbocycles. The van der Waals surface area contributed by atoms with Crippen molar-refractivity contribution < 1.29 is 14.2 Å². The molecule has 1 aliphatic heterocycles. The van der Waals surface area contributed by atoms with Crippen LogP contribution in [0.1, 0.15) is 28.7 Å². The lowest BCUT2D eigenvalue weighted by atomic mass is 9.93. The Balaban J connectivity index is 1.36. The van der Waals surface area contributed by atoms with E-state index in [-0.39, 0.29) is 12.4 Å². The van der Waals surface area contributed by atoms with E-state index < -0.39 is 0 Å². The van der Waals surface area contributed by atoms with E-state index >= 15 is 0 Å². The molecule has 0 unspecified atom stereocenters. The van der Waals surface area contributed by atoms with Crippen LogP contribution >= 0.6 is 0 Å². The molecule has 0 amide bonds. The summed E-state index contributed by atoms with van der Waals surface area (Å²) in [7, 11) is 1.70. The minimum Gasteiger partial charge on any atom is -0.382 e. The zero-order valence-corrected chi connectivity index (χ0v) is 18.0. The first kappa shape index (κ1) is 21.8. The van der Waals surface area contributed by atoms with Crippen molar-refractivity contribution in [2.75, 3.05) is 20.3 Å². The van der Waals surface area contributed by atoms with Crippen molar-refractivity contribution >= 4 is 6.08 Å². The molecule has 0 spiro atoms. The number of allylic oxidation sites excluding steroid dienone is 1. The molecule has 3 heteroatoms. The van der Waals surface area contributed by atoms with Gasteiger partial charge in [-0.1, -0.05) is 53.8 Å². The van der Waals surface area contributed by atoms with Crippen molar-refractivity contribution in [3.63, 3.8) is 0 Å². The third-order valence-corrected chi connectivity index (χ3v) is 5.29. The summed E-state index contributed by atoms with van der Waals surface area (Å²) in [5.74, 6) is 8.60. The fourth-order valence-corrected chi connectivity index (χ4v) is 3.52. The molecule has 2 aromatic rings. The van der Waals surface area contributed by atoms with Crippen molar-refractivity contribution in [2.45, 2.75) is 25.7 Å². The highest BCUT2D eigenvalue weighted by molar-refractivity contribution is 5.60. The number of aryl methyl sites for hydroxylation is 1. The van der Waals surface area contributed by atoms with E-state index in [2.05, 4.69) is 80.2 Å². The first-order valence-electron chi connectivity index (χ1n) is 10.6. The summed E-state index contributed by atoms with van der Waals surface area (Å²) < 4.78 is 17.1. The fraction of sp³-hybridized carbons (Fsp3) is 0.250. The fourth-order valence-electron chi connectivity index (χ4n) is 3.52. The van der Waals surface area contributed by atoms with Gasteiger partial charge in [-0.3, -0.25) is 0 Å². The first-order valence-corrected chi connectivity index (χ1v) is 10.6. The smallest absolute Gasteiger partial charge is 0.165 e. The molecule has 2 fully saturated rings. The Morgan fingerprint density at radius 2 is 1.68 bits per heavy atom. The summed E-state index contributed by atoms with van der Waals surface area (Å²) in [5.41, 5.74) is 4.39. The highest BCUT2D eigenvalue weighted by Crippen LogP contribution is 2.40. The quantitative estimate of drug-likeness (QED) is 0.651. The molecule has 1 heterocycles. The molecule has 4 rings (SSSR count). The number of ether oxygens (including phenoxy) is 3. The van der Waals surface area contributed by atoms with Crippen molar-refractivity contribution in [1.82, 2.24) is 0 Å². The number of hydrogen-bond acceptors (Lipinski definition) is 3. The summed E-state index contributed by atoms with van der Waals surface area (Å²) in [6.45, 7) is 3.35. The summed E-state index contributed by atoms with van der Waals surface area (Å²) in [6, 6.07) is 16.5. The van der Waals surface area contributed by atoms with Crippen molar-refractivity contribution in [3.05, 3.63) is 108 Å². The maximum absolute atomic E-state index is 6.05. The van der Waals surface area contributed by atoms with Gasteiger partial charge in [0, 0.05) is 30.1 Å². The predicted molar refractivity (Wildman–Crippen MR) is 123 cm³/mol. The van der Waals surface area contributed by atoms with Crippen LogP contribution in [-0.4, -0.2) is 32.7 Å². The van der Waals surface area contributed by atoms with E-state index in [0.717, 1.165) is 34.9 Å². The van der Waals surface area contributed by atoms with Crippen LogP contribution in [0, 0.1) is 49.9 Å². The average molecular weight is 412 g/mol. The van der Waals surface area contributed by atoms with Gasteiger partial charge < -0.3 is 14.2 Å². The van der Waals surface area contributed by atoms with E-state index in [1.165, 1.54) is 5.56 Å². The van der Waals surface area contributed by atoms with Gasteiger partial charge >= 0.3 is 0 Å². The highest BCUT2D eigenvalue weighted by Gasteiger charge is 2.38. The van der Waals surface area contributed by atoms with Crippen LogP contribution in [0.3, 0.4) is 0 Å². The van der Waals surface area contributed by atoms with Gasteiger partial charge in [0.05, 0.1) is 19.3 Å². The number of rotatable bonds is 5. The van der Waals surface area contributed by atoms with Gasteiger partial charge in [0.2, 0.25) is 0 Å². The summed E-state index contributed by atoms with van der Waals surface area (Å²) in [5, 5.41) is 0. The topological polar surface area (TPSA) is 27.7 Å². The minimum atomic E-state index is -0.344. The summed E-state index contributed by atoms with van der Waals surface area (Å²) in [4.78, 5) is 0. The number of benzene rings is 2. The molecule has 2 atom stereocenters. The lowest BCUT2D eigenvalue weighted by molar-refractivity contribution is -0.209. The van der Waals surface area contributed by atoms with E-state index in [4.69, 9.17) is 14.2 Å². The lowest BCUT2D eigenvalue weighted by Crippen LogP contribution is -2.39. The summed E-state index contributed by atoms with van der Waals surface area (Å²) in [6.07, 6.45) is 11.0. The molecule has 0 bridgehead atoms. The van der Waals surface area contributed by atoms with Crippen molar-refractivity contribution in [1.29, 1.82) is 0 Å². The van der Waals surface area contributed by atoms with Gasteiger partial charge in [-0.25, -0.2) is 0 Å². The van der Waals surface area contributed by atoms with Gasteiger partial charge in [0.15, 0.2) is 6.29 Å². The van der Waals surface area contributed by atoms with Crippen LogP contribution in [0.2, 0.25) is 0 Å². The normalized spacial score (nSPS) is 22.5. The Kier molecular flexibility index (Phi) is 7.59. The molecule has 2 aliphatic rings. The SMILES string of the molecule is COC[C@@H]1CCO[C@H]([C]2[CH][CH][CH][C]2/C=C/c2ccc(C#Cc3ccc(C)cc3)cc2)O1. The number of hydrogen-bond donors (Lipinski definition) is 0. The molecular formula is C28H27O3. The largest absolute Gasteiger partial charge is 0.382 e. The zero-order valence-electron chi connectivity index (χ0n) is 18.0. The molecule has 31 heavy (non-hydrogen) atoms. The molecule has 157 valence electrons. The molecule has 0 aromatic heterocycles. The van der Waals surface area contributed by atoms with Gasteiger partial charge in [-0.2, -0.15) is 0 Å². The van der Waals surface area contributed by atoms with Crippen molar-refractivity contribution in [3.8, 4) is 11.8 Å². The van der Waals surface area contributed by atoms with Gasteiger partial charge in [-0.15, -0.1) is 0 Å². The van der Waals surface area contributed by atoms with Crippen LogP contribution in [-0.2, 0) is 14.2 Å². The molecule has 3 nitrogen and oxygen atoms in total. The Labute approximate surface area is 186 Å². The second kappa shape index (κ2) is 10.8. The van der Waals surface area contributed by atoms with Crippen LogP contribution in [0.4, 0.5) is 0 Å². The van der Waals surface area contributed by atoms with Crippen LogP contribution < -0.4 is 0 Å². The van der Waals surface area contributed by atoms with Gasteiger partial charge in [-0.05, 0) is 62.4 Å². The first-order chi connectivity index (χ1) is 15.2. The highest BCUT2D eigenvalue weighted by atomic mass is 16.7. The van der Waals surface area contributed by atoms with Crippen LogP contribution in [0.5, 0.6) is 0 Å². The maximum Gasteiger partial charge on any atom is 0.165 e. The maximum atomic E-state index is 6.05. The average Bonchev–Trinajstić information content (AvgIpc) is 3.27. The molecular weight excluding hydrogens is 384 g/mol. The Hall–Kier alpha value is -2.38. The predicted octanol–water partition coefficient (Wildman–Crippen LogP) is 4.96. The number of methoxy groups -OCH3 is 1. The summed E-state index contributed by atoms with van der Waals surface area (Å²) >= 11 is 0. The van der Waals surface area contributed by atoms with Gasteiger partial charge in [0.1, 0.15) is 0 Å². The minimum absolute atomic E-state index is 0.0732. The third kappa shape index (κ3) is 6.08. The molecule has 1 saturated carbocycles. The molecule has 5 radical (unpaired) electrons. The van der Waals surface area contributed by atoms with E-state index in [9.17, 15) is 0 Å². The van der Waals surface area contributed by atoms with E-state index in [1.54, 1.807) is 7.11 Å². The van der Waals surface area contributed by atoms with Crippen LogP contribution in [0.25, 0.3) is 6.08 Å². The Bertz CT molecular complexity index is 915. The second-order valence-corrected chi connectivity index (χ2v) is 7.71. The Morgan fingerprint density at radius 3 is 2.39 bits per heavy atom. The zero-order chi connectivity index (χ0) is 21.5. The molecule has 1 saturated heterocycles. The third-order valence-electron chi connectivity index (χ3n) is 5.29. The lowest BCUT2D eigenvalue weighted by Gasteiger charge is -2.34. The van der Waals surface area contributed by atoms with E-state index in [1.807, 2.05) is 18.6 Å². The monoisotopic (exact) mass is 411 g/mol. The molecule has 0 N–H and O–H groups in total. The Morgan fingerprint density at radius 1 is 0.968 bits per heavy atom. The standard InChI is InChI=1S/C28H27O3/c1-21-6-8-22(9-7-21)10-11-23-12-14-24(15-13-23)16-17-25-4-3-5-27(25)28-30-19-18-26(31-28)20-29-2/h3-9,12-17,26,28H,18-20H2,1-2H3/b17-16+/t26-,28-/m0/s1. The second-order valence-electron chi connectivity index (χ2n) is 7.71. The van der Waals surface area contributed by atoms with Gasteiger partial charge in [0.25, 0.3) is 0 Å².